The third kappa shape index (κ3) is 10.1. The first-order valence-electron chi connectivity index (χ1n) is 3.27. The van der Waals surface area contributed by atoms with Crippen molar-refractivity contribution in [1.82, 2.24) is 0 Å². The minimum Gasteiger partial charge on any atom is -0.0751 e. The highest BCUT2D eigenvalue weighted by Crippen LogP contribution is 2.12. The highest BCUT2D eigenvalue weighted by Gasteiger charge is 2.05. The van der Waals surface area contributed by atoms with Gasteiger partial charge in [0, 0.05) is 0 Å². The van der Waals surface area contributed by atoms with Crippen LogP contribution in [0.2, 0.25) is 0 Å². The number of hydrogen-bond acceptors (Lipinski definition) is 0. The van der Waals surface area contributed by atoms with E-state index in [1.54, 1.807) is 0 Å². The van der Waals surface area contributed by atoms with Crippen molar-refractivity contribution in [3.63, 3.8) is 0 Å². The van der Waals surface area contributed by atoms with Crippen molar-refractivity contribution in [3.8, 4) is 23.7 Å². The van der Waals surface area contributed by atoms with Gasteiger partial charge < -0.3 is 0 Å². The Bertz CT molecular complexity index is 224. The summed E-state index contributed by atoms with van der Waals surface area (Å²) in [6, 6.07) is 0. The van der Waals surface area contributed by atoms with Gasteiger partial charge in [0.15, 0.2) is 0 Å². The van der Waals surface area contributed by atoms with Crippen LogP contribution in [-0.4, -0.2) is 9.15 Å². The van der Waals surface area contributed by atoms with Crippen molar-refractivity contribution in [2.45, 2.75) is 29.9 Å². The summed E-state index contributed by atoms with van der Waals surface area (Å²) in [7, 11) is 0. The minimum absolute atomic E-state index is 0.128. The van der Waals surface area contributed by atoms with E-state index in [2.05, 4.69) is 55.5 Å². The lowest BCUT2D eigenvalue weighted by atomic mass is 10.2. The number of rotatable bonds is 0. The molecule has 0 radical (unpaired) electrons. The summed E-state index contributed by atoms with van der Waals surface area (Å²) in [5, 5.41) is 0. The largest absolute Gasteiger partial charge is 0.0816 e. The van der Waals surface area contributed by atoms with Gasteiger partial charge in [-0.1, -0.05) is 43.7 Å². The molecule has 60 valence electrons. The zero-order valence-electron chi connectivity index (χ0n) is 6.83. The fraction of sp³-hybridized carbons (Fsp3) is 0.556. The topological polar surface area (TPSA) is 0 Å². The third-order valence-corrected chi connectivity index (χ3v) is 1.12. The normalized spacial score (nSPS) is 12.1. The lowest BCUT2D eigenvalue weighted by molar-refractivity contribution is 0.957. The van der Waals surface area contributed by atoms with E-state index in [0.29, 0.717) is 0 Å². The molecule has 0 heterocycles. The Morgan fingerprint density at radius 3 is 2.18 bits per heavy atom. The van der Waals surface area contributed by atoms with Crippen LogP contribution in [0.3, 0.4) is 0 Å². The van der Waals surface area contributed by atoms with Crippen molar-refractivity contribution in [1.29, 1.82) is 0 Å². The summed E-state index contributed by atoms with van der Waals surface area (Å²) in [5.74, 6) is 11.4. The second-order valence-corrected chi connectivity index (χ2v) is 5.96. The Kier molecular flexibility index (Phi) is 4.89. The van der Waals surface area contributed by atoms with Crippen molar-refractivity contribution < 1.29 is 0 Å². The van der Waals surface area contributed by atoms with Gasteiger partial charge in [0.2, 0.25) is 0 Å². The first kappa shape index (κ1) is 11.1. The van der Waals surface area contributed by atoms with Crippen LogP contribution in [0.4, 0.5) is 0 Å². The van der Waals surface area contributed by atoms with Crippen LogP contribution in [-0.2, 0) is 0 Å². The molecular weight excluding hydrogens is 268 g/mol. The standard InChI is InChI=1S/C9H10Br2/c1-8(10)6-4-5-7-9(2,3)11/h8H,1-3H3. The van der Waals surface area contributed by atoms with Gasteiger partial charge in [-0.15, -0.1) is 0 Å². The Morgan fingerprint density at radius 2 is 1.82 bits per heavy atom. The molecule has 0 N–H and O–H groups in total. The molecule has 0 nitrogen and oxygen atoms in total. The van der Waals surface area contributed by atoms with Gasteiger partial charge in [-0.05, 0) is 32.6 Å². The molecular formula is C9H10Br2. The second kappa shape index (κ2) is 4.86. The van der Waals surface area contributed by atoms with E-state index in [4.69, 9.17) is 0 Å². The van der Waals surface area contributed by atoms with Gasteiger partial charge in [0.1, 0.15) is 0 Å². The summed E-state index contributed by atoms with van der Waals surface area (Å²) in [5.41, 5.74) is 0. The molecule has 2 heteroatoms. The Hall–Kier alpha value is 0.0800. The van der Waals surface area contributed by atoms with Crippen molar-refractivity contribution >= 4 is 31.9 Å². The molecule has 0 aromatic carbocycles. The van der Waals surface area contributed by atoms with Gasteiger partial charge >= 0.3 is 0 Å². The quantitative estimate of drug-likeness (QED) is 0.472. The molecule has 0 aliphatic carbocycles. The maximum absolute atomic E-state index is 3.39. The molecule has 1 atom stereocenters. The SMILES string of the molecule is CC(Br)C#CC#CC(C)(C)Br. The zero-order chi connectivity index (χ0) is 8.91. The van der Waals surface area contributed by atoms with E-state index in [0.717, 1.165) is 0 Å². The van der Waals surface area contributed by atoms with Gasteiger partial charge in [-0.25, -0.2) is 0 Å². The first-order chi connectivity index (χ1) is 4.92. The van der Waals surface area contributed by atoms with Crippen LogP contribution < -0.4 is 0 Å². The van der Waals surface area contributed by atoms with Crippen LogP contribution in [0, 0.1) is 23.7 Å². The molecule has 0 spiro atoms. The Morgan fingerprint density at radius 1 is 1.27 bits per heavy atom. The predicted octanol–water partition coefficient (Wildman–Crippen LogP) is 2.95. The zero-order valence-corrected chi connectivity index (χ0v) is 10.0. The van der Waals surface area contributed by atoms with Crippen molar-refractivity contribution in [3.05, 3.63) is 0 Å². The predicted molar refractivity (Wildman–Crippen MR) is 56.9 cm³/mol. The maximum atomic E-state index is 3.39. The molecule has 1 unspecified atom stereocenters. The van der Waals surface area contributed by atoms with Crippen molar-refractivity contribution in [2.75, 3.05) is 0 Å². The highest BCUT2D eigenvalue weighted by atomic mass is 79.9. The maximum Gasteiger partial charge on any atom is 0.0816 e. The van der Waals surface area contributed by atoms with Crippen LogP contribution in [0.25, 0.3) is 0 Å². The fourth-order valence-electron chi connectivity index (χ4n) is 0.315. The molecule has 0 aliphatic rings. The molecule has 11 heavy (non-hydrogen) atoms. The molecule has 0 aromatic rings. The highest BCUT2D eigenvalue weighted by molar-refractivity contribution is 9.10. The molecule has 0 saturated heterocycles. The van der Waals surface area contributed by atoms with E-state index >= 15 is 0 Å². The number of alkyl halides is 2. The van der Waals surface area contributed by atoms with E-state index in [1.807, 2.05) is 20.8 Å². The van der Waals surface area contributed by atoms with E-state index in [9.17, 15) is 0 Å². The molecule has 0 saturated carbocycles. The summed E-state index contributed by atoms with van der Waals surface area (Å²) in [6.45, 7) is 5.94. The number of hydrogen-bond donors (Lipinski definition) is 0. The van der Waals surface area contributed by atoms with Crippen LogP contribution in [0.1, 0.15) is 20.8 Å². The van der Waals surface area contributed by atoms with E-state index in [1.165, 1.54) is 0 Å². The van der Waals surface area contributed by atoms with Gasteiger partial charge in [0.25, 0.3) is 0 Å². The summed E-state index contributed by atoms with van der Waals surface area (Å²) >= 11 is 6.69. The Balaban J connectivity index is 4.05. The van der Waals surface area contributed by atoms with Gasteiger partial charge in [0.05, 0.1) is 9.15 Å². The minimum atomic E-state index is -0.128. The van der Waals surface area contributed by atoms with Crippen LogP contribution in [0.15, 0.2) is 0 Å². The summed E-state index contributed by atoms with van der Waals surface area (Å²) in [6.07, 6.45) is 0. The lowest BCUT2D eigenvalue weighted by Crippen LogP contribution is -2.03. The summed E-state index contributed by atoms with van der Waals surface area (Å²) < 4.78 is -0.128. The molecule has 0 aliphatic heterocycles. The first-order valence-corrected chi connectivity index (χ1v) is 4.98. The molecule has 0 amide bonds. The molecule has 0 fully saturated rings. The number of halogens is 2. The lowest BCUT2D eigenvalue weighted by Gasteiger charge is -2.02. The molecule has 0 rings (SSSR count). The average Bonchev–Trinajstić information content (AvgIpc) is 1.78. The second-order valence-electron chi connectivity index (χ2n) is 2.61. The fourth-order valence-corrected chi connectivity index (χ4v) is 0.529. The van der Waals surface area contributed by atoms with Crippen LogP contribution >= 0.6 is 31.9 Å². The van der Waals surface area contributed by atoms with Crippen LogP contribution in [0.5, 0.6) is 0 Å². The van der Waals surface area contributed by atoms with Gasteiger partial charge in [-0.2, -0.15) is 0 Å². The van der Waals surface area contributed by atoms with E-state index < -0.39 is 0 Å². The Labute approximate surface area is 85.4 Å². The third-order valence-electron chi connectivity index (χ3n) is 0.693. The van der Waals surface area contributed by atoms with Crippen molar-refractivity contribution in [2.24, 2.45) is 0 Å². The smallest absolute Gasteiger partial charge is 0.0751 e. The van der Waals surface area contributed by atoms with Gasteiger partial charge in [-0.3, -0.25) is 0 Å². The van der Waals surface area contributed by atoms with E-state index in [-0.39, 0.29) is 9.15 Å². The molecule has 0 bridgehead atoms. The monoisotopic (exact) mass is 276 g/mol. The molecule has 0 aromatic heterocycles. The summed E-state index contributed by atoms with van der Waals surface area (Å²) in [4.78, 5) is 0.218. The average molecular weight is 278 g/mol.